The summed E-state index contributed by atoms with van der Waals surface area (Å²) >= 11 is 0. The van der Waals surface area contributed by atoms with Crippen molar-refractivity contribution in [3.8, 4) is 0 Å². The molecule has 0 bridgehead atoms. The van der Waals surface area contributed by atoms with Gasteiger partial charge in [0.25, 0.3) is 5.91 Å². The van der Waals surface area contributed by atoms with Crippen LogP contribution >= 0.6 is 0 Å². The number of primary amides is 1. The summed E-state index contributed by atoms with van der Waals surface area (Å²) in [5.74, 6) is 1.17. The molecule has 0 aromatic carbocycles. The lowest BCUT2D eigenvalue weighted by Crippen LogP contribution is -2.30. The molecule has 2 fully saturated rings. The van der Waals surface area contributed by atoms with Gasteiger partial charge < -0.3 is 20.9 Å². The molecule has 1 unspecified atom stereocenters. The number of nitrogens with one attached hydrogen (secondary N) is 1. The zero-order valence-corrected chi connectivity index (χ0v) is 15.5. The van der Waals surface area contributed by atoms with E-state index in [-0.39, 0.29) is 11.6 Å². The summed E-state index contributed by atoms with van der Waals surface area (Å²) in [7, 11) is 0. The molecule has 3 rings (SSSR count). The van der Waals surface area contributed by atoms with Crippen LogP contribution in [0.15, 0.2) is 6.20 Å². The monoisotopic (exact) mass is 362 g/mol. The van der Waals surface area contributed by atoms with Crippen LogP contribution in [-0.4, -0.2) is 45.8 Å². The fraction of sp³-hybridized carbons (Fsp3) is 0.737. The van der Waals surface area contributed by atoms with Crippen molar-refractivity contribution in [2.45, 2.75) is 76.5 Å². The molecule has 1 aromatic rings. The molecule has 4 N–H and O–H groups in total. The van der Waals surface area contributed by atoms with E-state index in [1.165, 1.54) is 6.20 Å². The average molecular weight is 362 g/mol. The SMILES string of the molecule is CCOC1CCC(Cc2ncc(C(N)=O)c(NC3CCC[C@H]3O)n2)CC1. The van der Waals surface area contributed by atoms with Gasteiger partial charge in [0.2, 0.25) is 0 Å². The highest BCUT2D eigenvalue weighted by molar-refractivity contribution is 5.97. The van der Waals surface area contributed by atoms with Crippen LogP contribution in [0, 0.1) is 5.92 Å². The Morgan fingerprint density at radius 3 is 2.69 bits per heavy atom. The molecule has 1 aromatic heterocycles. The zero-order chi connectivity index (χ0) is 18.5. The molecule has 2 aliphatic rings. The van der Waals surface area contributed by atoms with Gasteiger partial charge in [0.1, 0.15) is 11.6 Å². The Kier molecular flexibility index (Phi) is 6.43. The largest absolute Gasteiger partial charge is 0.391 e. The molecule has 144 valence electrons. The minimum absolute atomic E-state index is 0.0857. The molecule has 0 saturated heterocycles. The number of aliphatic hydroxyl groups excluding tert-OH is 1. The fourth-order valence-corrected chi connectivity index (χ4v) is 4.09. The first kappa shape index (κ1) is 19.0. The number of hydrogen-bond donors (Lipinski definition) is 3. The number of nitrogens with zero attached hydrogens (tertiary/aromatic N) is 2. The van der Waals surface area contributed by atoms with Gasteiger partial charge in [0.15, 0.2) is 0 Å². The van der Waals surface area contributed by atoms with Crippen molar-refractivity contribution in [2.75, 3.05) is 11.9 Å². The third-order valence-corrected chi connectivity index (χ3v) is 5.57. The summed E-state index contributed by atoms with van der Waals surface area (Å²) in [6, 6.07) is -0.0857. The van der Waals surface area contributed by atoms with Crippen LogP contribution in [0.4, 0.5) is 5.82 Å². The molecular formula is C19H30N4O3. The smallest absolute Gasteiger partial charge is 0.254 e. The molecule has 7 nitrogen and oxygen atoms in total. The number of hydrogen-bond acceptors (Lipinski definition) is 6. The average Bonchev–Trinajstić information content (AvgIpc) is 3.02. The van der Waals surface area contributed by atoms with Crippen LogP contribution in [0.5, 0.6) is 0 Å². The van der Waals surface area contributed by atoms with Gasteiger partial charge in [-0.1, -0.05) is 0 Å². The Hall–Kier alpha value is -1.73. The third-order valence-electron chi connectivity index (χ3n) is 5.57. The van der Waals surface area contributed by atoms with Crippen molar-refractivity contribution >= 4 is 11.7 Å². The van der Waals surface area contributed by atoms with Crippen LogP contribution < -0.4 is 11.1 Å². The second-order valence-electron chi connectivity index (χ2n) is 7.46. The molecule has 1 heterocycles. The number of ether oxygens (including phenoxy) is 1. The van der Waals surface area contributed by atoms with Crippen molar-refractivity contribution in [2.24, 2.45) is 11.7 Å². The second-order valence-corrected chi connectivity index (χ2v) is 7.46. The third kappa shape index (κ3) is 4.71. The highest BCUT2D eigenvalue weighted by Gasteiger charge is 2.27. The topological polar surface area (TPSA) is 110 Å². The van der Waals surface area contributed by atoms with E-state index in [0.717, 1.165) is 63.8 Å². The molecule has 2 aliphatic carbocycles. The Morgan fingerprint density at radius 1 is 1.31 bits per heavy atom. The predicted molar refractivity (Wildman–Crippen MR) is 98.9 cm³/mol. The first-order valence-electron chi connectivity index (χ1n) is 9.78. The van der Waals surface area contributed by atoms with Crippen molar-refractivity contribution in [3.05, 3.63) is 17.6 Å². The van der Waals surface area contributed by atoms with Gasteiger partial charge >= 0.3 is 0 Å². The Bertz CT molecular complexity index is 617. The lowest BCUT2D eigenvalue weighted by molar-refractivity contribution is 0.0255. The van der Waals surface area contributed by atoms with Crippen LogP contribution in [0.3, 0.4) is 0 Å². The van der Waals surface area contributed by atoms with E-state index >= 15 is 0 Å². The van der Waals surface area contributed by atoms with Gasteiger partial charge in [-0.25, -0.2) is 9.97 Å². The highest BCUT2D eigenvalue weighted by atomic mass is 16.5. The van der Waals surface area contributed by atoms with E-state index < -0.39 is 12.0 Å². The van der Waals surface area contributed by atoms with Gasteiger partial charge in [0, 0.05) is 19.2 Å². The number of carbonyl (C=O) groups excluding carboxylic acids is 1. The van der Waals surface area contributed by atoms with Crippen LogP contribution in [0.25, 0.3) is 0 Å². The second kappa shape index (κ2) is 8.77. The Balaban J connectivity index is 1.66. The van der Waals surface area contributed by atoms with Crippen LogP contribution in [0.2, 0.25) is 0 Å². The van der Waals surface area contributed by atoms with Gasteiger partial charge in [-0.05, 0) is 57.8 Å². The van der Waals surface area contributed by atoms with Crippen LogP contribution in [-0.2, 0) is 11.2 Å². The zero-order valence-electron chi connectivity index (χ0n) is 15.5. The van der Waals surface area contributed by atoms with E-state index in [1.807, 2.05) is 6.92 Å². The molecule has 7 heteroatoms. The molecule has 0 aliphatic heterocycles. The molecule has 1 amide bonds. The quantitative estimate of drug-likeness (QED) is 0.684. The molecule has 0 spiro atoms. The minimum atomic E-state index is -0.552. The summed E-state index contributed by atoms with van der Waals surface area (Å²) < 4.78 is 5.71. The summed E-state index contributed by atoms with van der Waals surface area (Å²) in [6.45, 7) is 2.81. The van der Waals surface area contributed by atoms with Gasteiger partial charge in [-0.3, -0.25) is 4.79 Å². The van der Waals surface area contributed by atoms with E-state index in [2.05, 4.69) is 15.3 Å². The van der Waals surface area contributed by atoms with E-state index in [9.17, 15) is 9.90 Å². The van der Waals surface area contributed by atoms with Crippen molar-refractivity contribution in [1.29, 1.82) is 0 Å². The molecule has 0 radical (unpaired) electrons. The van der Waals surface area contributed by atoms with E-state index in [0.29, 0.717) is 17.8 Å². The van der Waals surface area contributed by atoms with Crippen molar-refractivity contribution in [1.82, 2.24) is 9.97 Å². The van der Waals surface area contributed by atoms with Crippen molar-refractivity contribution < 1.29 is 14.6 Å². The van der Waals surface area contributed by atoms with Crippen LogP contribution in [0.1, 0.15) is 68.1 Å². The number of carbonyl (C=O) groups is 1. The minimum Gasteiger partial charge on any atom is -0.391 e. The molecular weight excluding hydrogens is 332 g/mol. The maximum Gasteiger partial charge on any atom is 0.254 e. The lowest BCUT2D eigenvalue weighted by atomic mass is 9.85. The first-order chi connectivity index (χ1) is 12.6. The normalized spacial score (nSPS) is 28.8. The number of aliphatic hydroxyl groups is 1. The number of rotatable bonds is 7. The molecule has 26 heavy (non-hydrogen) atoms. The maximum atomic E-state index is 11.7. The van der Waals surface area contributed by atoms with E-state index in [4.69, 9.17) is 10.5 Å². The van der Waals surface area contributed by atoms with Crippen molar-refractivity contribution in [3.63, 3.8) is 0 Å². The lowest BCUT2D eigenvalue weighted by Gasteiger charge is -2.28. The summed E-state index contributed by atoms with van der Waals surface area (Å²) in [5.41, 5.74) is 5.75. The number of anilines is 1. The van der Waals surface area contributed by atoms with E-state index in [1.54, 1.807) is 0 Å². The van der Waals surface area contributed by atoms with Gasteiger partial charge in [0.05, 0.1) is 23.8 Å². The predicted octanol–water partition coefficient (Wildman–Crippen LogP) is 2.04. The fourth-order valence-electron chi connectivity index (χ4n) is 4.09. The number of aromatic nitrogens is 2. The standard InChI is InChI=1S/C19H30N4O3/c1-2-26-13-8-6-12(7-9-13)10-17-21-11-14(18(20)25)19(23-17)22-15-4-3-5-16(15)24/h11-13,15-16,24H,2-10H2,1H3,(H2,20,25)(H,21,22,23)/t12?,13?,15?,16-/m1/s1. The Labute approximate surface area is 154 Å². The number of nitrogens with two attached hydrogens (primary N) is 1. The highest BCUT2D eigenvalue weighted by Crippen LogP contribution is 2.29. The Morgan fingerprint density at radius 2 is 2.08 bits per heavy atom. The summed E-state index contributed by atoms with van der Waals surface area (Å²) in [4.78, 5) is 20.6. The number of amides is 1. The summed E-state index contributed by atoms with van der Waals surface area (Å²) in [5, 5.41) is 13.3. The molecule has 2 saturated carbocycles. The molecule has 2 atom stereocenters. The first-order valence-corrected chi connectivity index (χ1v) is 9.78. The summed E-state index contributed by atoms with van der Waals surface area (Å²) in [6.07, 6.45) is 9.24. The van der Waals surface area contributed by atoms with Gasteiger partial charge in [-0.15, -0.1) is 0 Å². The van der Waals surface area contributed by atoms with Gasteiger partial charge in [-0.2, -0.15) is 0 Å². The maximum absolute atomic E-state index is 11.7.